The summed E-state index contributed by atoms with van der Waals surface area (Å²) in [6, 6.07) is 6.34. The molecule has 1 atom stereocenters. The number of benzene rings is 1. The molecule has 0 spiro atoms. The number of nitrogens with two attached hydrogens (primary N) is 1. The third kappa shape index (κ3) is 5.79. The molecule has 1 rings (SSSR count). The van der Waals surface area contributed by atoms with Crippen LogP contribution < -0.4 is 11.1 Å². The summed E-state index contributed by atoms with van der Waals surface area (Å²) in [5, 5.41) is 11.1. The van der Waals surface area contributed by atoms with E-state index in [1.54, 1.807) is 0 Å². The number of carbonyl (C=O) groups excluding carboxylic acids is 1. The minimum atomic E-state index is -0.502. The quantitative estimate of drug-likeness (QED) is 0.756. The number of nitrogens with zero attached hydrogens (tertiary/aromatic N) is 2. The van der Waals surface area contributed by atoms with Crippen molar-refractivity contribution in [3.05, 3.63) is 24.0 Å². The van der Waals surface area contributed by atoms with Crippen molar-refractivity contribution in [3.8, 4) is 6.07 Å². The van der Waals surface area contributed by atoms with E-state index in [9.17, 15) is 9.18 Å². The molecular formula is C15H21FN4O. The molecule has 0 aliphatic rings. The lowest BCUT2D eigenvalue weighted by molar-refractivity contribution is -0.116. The van der Waals surface area contributed by atoms with Gasteiger partial charge >= 0.3 is 0 Å². The largest absolute Gasteiger partial charge is 0.399 e. The molecule has 0 saturated carbocycles. The molecule has 1 unspecified atom stereocenters. The first kappa shape index (κ1) is 16.9. The van der Waals surface area contributed by atoms with Crippen molar-refractivity contribution in [2.24, 2.45) is 0 Å². The lowest BCUT2D eigenvalue weighted by Gasteiger charge is -2.22. The summed E-state index contributed by atoms with van der Waals surface area (Å²) >= 11 is 0. The van der Waals surface area contributed by atoms with Crippen LogP contribution in [0.25, 0.3) is 0 Å². The van der Waals surface area contributed by atoms with E-state index in [0.717, 1.165) is 0 Å². The van der Waals surface area contributed by atoms with Crippen molar-refractivity contribution in [1.82, 2.24) is 4.90 Å². The lowest BCUT2D eigenvalue weighted by Crippen LogP contribution is -2.30. The molecule has 21 heavy (non-hydrogen) atoms. The Kier molecular flexibility index (Phi) is 6.63. The molecule has 1 aromatic carbocycles. The van der Waals surface area contributed by atoms with Crippen molar-refractivity contribution < 1.29 is 9.18 Å². The van der Waals surface area contributed by atoms with E-state index < -0.39 is 5.82 Å². The first-order chi connectivity index (χ1) is 9.93. The van der Waals surface area contributed by atoms with Crippen LogP contribution in [0.15, 0.2) is 18.2 Å². The highest BCUT2D eigenvalue weighted by Crippen LogP contribution is 2.17. The van der Waals surface area contributed by atoms with E-state index >= 15 is 0 Å². The highest BCUT2D eigenvalue weighted by molar-refractivity contribution is 5.91. The van der Waals surface area contributed by atoms with Crippen LogP contribution in [0.5, 0.6) is 0 Å². The number of rotatable bonds is 7. The Morgan fingerprint density at radius 1 is 1.57 bits per heavy atom. The Bertz CT molecular complexity index is 527. The number of nitrogens with one attached hydrogen (secondary N) is 1. The Hall–Kier alpha value is -2.13. The number of anilines is 2. The van der Waals surface area contributed by atoms with Crippen LogP contribution in [0.4, 0.5) is 15.8 Å². The smallest absolute Gasteiger partial charge is 0.224 e. The van der Waals surface area contributed by atoms with Gasteiger partial charge in [0.05, 0.1) is 18.2 Å². The van der Waals surface area contributed by atoms with Gasteiger partial charge in [-0.3, -0.25) is 4.79 Å². The number of hydrogen-bond acceptors (Lipinski definition) is 4. The van der Waals surface area contributed by atoms with Crippen molar-refractivity contribution >= 4 is 17.3 Å². The molecule has 0 aliphatic carbocycles. The van der Waals surface area contributed by atoms with E-state index in [0.29, 0.717) is 25.1 Å². The fraction of sp³-hybridized carbons (Fsp3) is 0.467. The second kappa shape index (κ2) is 8.22. The zero-order chi connectivity index (χ0) is 15.8. The SMILES string of the molecule is CC(CC#N)N(C)CCCC(=O)Nc1cc(N)ccc1F. The Morgan fingerprint density at radius 3 is 2.95 bits per heavy atom. The van der Waals surface area contributed by atoms with Crippen LogP contribution >= 0.6 is 0 Å². The molecule has 1 amide bonds. The van der Waals surface area contributed by atoms with Gasteiger partial charge in [0, 0.05) is 18.2 Å². The van der Waals surface area contributed by atoms with Crippen LogP contribution in [0.3, 0.4) is 0 Å². The first-order valence-electron chi connectivity index (χ1n) is 6.86. The maximum atomic E-state index is 13.5. The highest BCUT2D eigenvalue weighted by atomic mass is 19.1. The number of amides is 1. The summed E-state index contributed by atoms with van der Waals surface area (Å²) < 4.78 is 13.5. The van der Waals surface area contributed by atoms with Gasteiger partial charge in [-0.25, -0.2) is 4.39 Å². The fourth-order valence-electron chi connectivity index (χ4n) is 1.85. The molecule has 0 heterocycles. The molecule has 114 valence electrons. The summed E-state index contributed by atoms with van der Waals surface area (Å²) in [5.74, 6) is -0.752. The Morgan fingerprint density at radius 2 is 2.29 bits per heavy atom. The molecule has 6 heteroatoms. The van der Waals surface area contributed by atoms with Crippen LogP contribution in [-0.4, -0.2) is 30.4 Å². The minimum absolute atomic E-state index is 0.103. The average Bonchev–Trinajstić information content (AvgIpc) is 2.43. The van der Waals surface area contributed by atoms with E-state index in [1.807, 2.05) is 18.9 Å². The molecule has 0 saturated heterocycles. The summed E-state index contributed by atoms with van der Waals surface area (Å²) in [6.45, 7) is 2.67. The van der Waals surface area contributed by atoms with Gasteiger partial charge in [0.2, 0.25) is 5.91 Å². The summed E-state index contributed by atoms with van der Waals surface area (Å²) in [7, 11) is 1.91. The maximum absolute atomic E-state index is 13.5. The maximum Gasteiger partial charge on any atom is 0.224 e. The molecule has 1 aromatic rings. The number of carbonyl (C=O) groups is 1. The average molecular weight is 292 g/mol. The number of nitriles is 1. The van der Waals surface area contributed by atoms with Crippen molar-refractivity contribution in [3.63, 3.8) is 0 Å². The van der Waals surface area contributed by atoms with Crippen LogP contribution in [-0.2, 0) is 4.79 Å². The zero-order valence-corrected chi connectivity index (χ0v) is 12.4. The van der Waals surface area contributed by atoms with Crippen LogP contribution in [0.2, 0.25) is 0 Å². The van der Waals surface area contributed by atoms with E-state index in [1.165, 1.54) is 18.2 Å². The molecule has 0 fully saturated rings. The van der Waals surface area contributed by atoms with Gasteiger partial charge in [-0.15, -0.1) is 0 Å². The summed E-state index contributed by atoms with van der Waals surface area (Å²) in [4.78, 5) is 13.8. The monoisotopic (exact) mass is 292 g/mol. The third-order valence-electron chi connectivity index (χ3n) is 3.32. The van der Waals surface area contributed by atoms with Gasteiger partial charge in [-0.1, -0.05) is 0 Å². The zero-order valence-electron chi connectivity index (χ0n) is 12.4. The number of hydrogen-bond donors (Lipinski definition) is 2. The molecule has 0 bridgehead atoms. The fourth-order valence-corrected chi connectivity index (χ4v) is 1.85. The first-order valence-corrected chi connectivity index (χ1v) is 6.86. The Balaban J connectivity index is 2.38. The summed E-state index contributed by atoms with van der Waals surface area (Å²) in [6.07, 6.45) is 1.39. The molecule has 5 nitrogen and oxygen atoms in total. The predicted molar refractivity (Wildman–Crippen MR) is 81.0 cm³/mol. The van der Waals surface area contributed by atoms with Gasteiger partial charge in [0.25, 0.3) is 0 Å². The van der Waals surface area contributed by atoms with Gasteiger partial charge in [0.15, 0.2) is 0 Å². The molecule has 3 N–H and O–H groups in total. The Labute approximate surface area is 124 Å². The topological polar surface area (TPSA) is 82.2 Å². The highest BCUT2D eigenvalue weighted by Gasteiger charge is 2.10. The van der Waals surface area contributed by atoms with Gasteiger partial charge in [0.1, 0.15) is 5.82 Å². The van der Waals surface area contributed by atoms with Gasteiger partial charge < -0.3 is 16.0 Å². The predicted octanol–water partition coefficient (Wildman–Crippen LogP) is 2.36. The van der Waals surface area contributed by atoms with Gasteiger partial charge in [-0.2, -0.15) is 5.26 Å². The normalized spacial score (nSPS) is 12.0. The van der Waals surface area contributed by atoms with Crippen LogP contribution in [0.1, 0.15) is 26.2 Å². The lowest BCUT2D eigenvalue weighted by atomic mass is 10.2. The number of nitrogen functional groups attached to an aromatic ring is 1. The van der Waals surface area contributed by atoms with E-state index in [-0.39, 0.29) is 24.1 Å². The standard InChI is InChI=1S/C15H21FN4O/c1-11(7-8-17)20(2)9-3-4-15(21)19-14-10-12(18)5-6-13(14)16/h5-6,10-11H,3-4,7,9,18H2,1-2H3,(H,19,21). The molecular weight excluding hydrogens is 271 g/mol. The number of halogens is 1. The summed E-state index contributed by atoms with van der Waals surface area (Å²) in [5.41, 5.74) is 6.06. The molecule has 0 aromatic heterocycles. The van der Waals surface area contributed by atoms with Crippen molar-refractivity contribution in [1.29, 1.82) is 5.26 Å². The van der Waals surface area contributed by atoms with Crippen molar-refractivity contribution in [2.75, 3.05) is 24.6 Å². The van der Waals surface area contributed by atoms with Gasteiger partial charge in [-0.05, 0) is 45.1 Å². The second-order valence-electron chi connectivity index (χ2n) is 5.08. The molecule has 0 aliphatic heterocycles. The second-order valence-corrected chi connectivity index (χ2v) is 5.08. The minimum Gasteiger partial charge on any atom is -0.399 e. The van der Waals surface area contributed by atoms with Crippen LogP contribution in [0, 0.1) is 17.1 Å². The van der Waals surface area contributed by atoms with E-state index in [4.69, 9.17) is 11.0 Å². The van der Waals surface area contributed by atoms with E-state index in [2.05, 4.69) is 11.4 Å². The van der Waals surface area contributed by atoms with Crippen molar-refractivity contribution in [2.45, 2.75) is 32.2 Å². The third-order valence-corrected chi connectivity index (χ3v) is 3.32. The molecule has 0 radical (unpaired) electrons.